The van der Waals surface area contributed by atoms with Gasteiger partial charge < -0.3 is 4.42 Å². The van der Waals surface area contributed by atoms with Crippen LogP contribution in [0.5, 0.6) is 0 Å². The molecule has 0 saturated carbocycles. The predicted octanol–water partition coefficient (Wildman–Crippen LogP) is 12.6. The van der Waals surface area contributed by atoms with E-state index in [2.05, 4.69) is 153 Å². The molecule has 1 atom stereocenters. The fraction of sp³-hybridized carbons (Fsp3) is 0.0435. The van der Waals surface area contributed by atoms with Gasteiger partial charge in [0.25, 0.3) is 0 Å². The molecule has 1 heteroatoms. The molecule has 0 N–H and O–H groups in total. The molecule has 10 aromatic rings. The van der Waals surface area contributed by atoms with Crippen LogP contribution in [-0.2, 0) is 5.41 Å². The summed E-state index contributed by atoms with van der Waals surface area (Å²) >= 11 is 0. The Kier molecular flexibility index (Phi) is 4.77. The smallest absolute Gasteiger partial charge is 0.135 e. The summed E-state index contributed by atoms with van der Waals surface area (Å²) in [5, 5.41) is 12.8. The summed E-state index contributed by atoms with van der Waals surface area (Å²) in [4.78, 5) is 0. The van der Waals surface area contributed by atoms with E-state index in [0.717, 1.165) is 21.9 Å². The van der Waals surface area contributed by atoms with Crippen molar-refractivity contribution in [3.05, 3.63) is 168 Å². The molecule has 0 saturated heterocycles. The Morgan fingerprint density at radius 1 is 0.404 bits per heavy atom. The second-order valence-electron chi connectivity index (χ2n) is 13.4. The third-order valence-electron chi connectivity index (χ3n) is 11.1. The Morgan fingerprint density at radius 2 is 1.06 bits per heavy atom. The maximum Gasteiger partial charge on any atom is 0.135 e. The van der Waals surface area contributed by atoms with Crippen LogP contribution in [0.4, 0.5) is 0 Å². The van der Waals surface area contributed by atoms with Crippen LogP contribution >= 0.6 is 0 Å². The standard InChI is InChI=1S/C46H28O/c1-46(33-18-22-43-39(26-33)36-11-4-5-12-42(36)47-43)40-25-32(17-20-35(40)38-23-30-7-2-3-8-31(30)24-41(38)46)34-19-15-29-14-13-27-9-6-10-28-16-21-37(34)45(29)44(27)28/h2-26H,1H3. The summed E-state index contributed by atoms with van der Waals surface area (Å²) in [6.45, 7) is 2.42. The monoisotopic (exact) mass is 596 g/mol. The van der Waals surface area contributed by atoms with Crippen LogP contribution in [0.15, 0.2) is 156 Å². The Balaban J connectivity index is 1.20. The fourth-order valence-electron chi connectivity index (χ4n) is 8.72. The molecule has 218 valence electrons. The summed E-state index contributed by atoms with van der Waals surface area (Å²) in [6, 6.07) is 56.3. The molecule has 9 aromatic carbocycles. The van der Waals surface area contributed by atoms with Crippen molar-refractivity contribution in [2.45, 2.75) is 12.3 Å². The molecule has 11 rings (SSSR count). The maximum absolute atomic E-state index is 6.27. The van der Waals surface area contributed by atoms with Gasteiger partial charge in [0, 0.05) is 16.2 Å². The zero-order valence-corrected chi connectivity index (χ0v) is 25.8. The minimum absolute atomic E-state index is 0.360. The summed E-state index contributed by atoms with van der Waals surface area (Å²) in [7, 11) is 0. The van der Waals surface area contributed by atoms with Crippen LogP contribution in [0, 0.1) is 0 Å². The molecule has 1 aliphatic rings. The molecule has 0 fully saturated rings. The first-order valence-corrected chi connectivity index (χ1v) is 16.4. The van der Waals surface area contributed by atoms with Gasteiger partial charge in [0.15, 0.2) is 0 Å². The van der Waals surface area contributed by atoms with Gasteiger partial charge in [-0.2, -0.15) is 0 Å². The third kappa shape index (κ3) is 3.28. The Bertz CT molecular complexity index is 2910. The summed E-state index contributed by atoms with van der Waals surface area (Å²) in [6.07, 6.45) is 0. The number of fused-ring (bicyclic) bond motifs is 7. The van der Waals surface area contributed by atoms with E-state index in [-0.39, 0.29) is 5.41 Å². The van der Waals surface area contributed by atoms with Crippen LogP contribution in [0.1, 0.15) is 23.6 Å². The van der Waals surface area contributed by atoms with Crippen LogP contribution in [0.25, 0.3) is 87.3 Å². The van der Waals surface area contributed by atoms with Crippen molar-refractivity contribution >= 4 is 65.0 Å². The minimum Gasteiger partial charge on any atom is -0.456 e. The number of furan rings is 1. The summed E-state index contributed by atoms with van der Waals surface area (Å²) in [5.74, 6) is 0. The molecule has 1 aromatic heterocycles. The van der Waals surface area contributed by atoms with E-state index >= 15 is 0 Å². The van der Waals surface area contributed by atoms with Crippen molar-refractivity contribution < 1.29 is 4.42 Å². The lowest BCUT2D eigenvalue weighted by atomic mass is 9.73. The van der Waals surface area contributed by atoms with Gasteiger partial charge in [-0.15, -0.1) is 0 Å². The molecule has 1 heterocycles. The van der Waals surface area contributed by atoms with Gasteiger partial charge in [0.1, 0.15) is 11.2 Å². The Morgan fingerprint density at radius 3 is 1.94 bits per heavy atom. The van der Waals surface area contributed by atoms with Gasteiger partial charge in [0.05, 0.1) is 0 Å². The number of hydrogen-bond donors (Lipinski definition) is 0. The van der Waals surface area contributed by atoms with E-state index in [9.17, 15) is 0 Å². The molecule has 0 amide bonds. The molecule has 0 spiro atoms. The Hall–Kier alpha value is -5.92. The van der Waals surface area contributed by atoms with E-state index in [1.165, 1.54) is 82.0 Å². The van der Waals surface area contributed by atoms with E-state index in [0.29, 0.717) is 0 Å². The largest absolute Gasteiger partial charge is 0.456 e. The highest BCUT2D eigenvalue weighted by Gasteiger charge is 2.41. The van der Waals surface area contributed by atoms with Crippen molar-refractivity contribution in [2.75, 3.05) is 0 Å². The first-order valence-electron chi connectivity index (χ1n) is 16.4. The molecule has 1 nitrogen and oxygen atoms in total. The molecular weight excluding hydrogens is 569 g/mol. The van der Waals surface area contributed by atoms with Gasteiger partial charge in [-0.05, 0) is 125 Å². The highest BCUT2D eigenvalue weighted by Crippen LogP contribution is 2.55. The topological polar surface area (TPSA) is 13.1 Å². The number of para-hydroxylation sites is 1. The quantitative estimate of drug-likeness (QED) is 0.181. The number of hydrogen-bond acceptors (Lipinski definition) is 1. The highest BCUT2D eigenvalue weighted by atomic mass is 16.3. The molecule has 0 radical (unpaired) electrons. The summed E-state index contributed by atoms with van der Waals surface area (Å²) < 4.78 is 6.27. The second-order valence-corrected chi connectivity index (χ2v) is 13.4. The normalized spacial score (nSPS) is 15.9. The van der Waals surface area contributed by atoms with Gasteiger partial charge in [-0.3, -0.25) is 0 Å². The van der Waals surface area contributed by atoms with Crippen LogP contribution < -0.4 is 0 Å². The lowest BCUT2D eigenvalue weighted by Crippen LogP contribution is -2.22. The molecular formula is C46H28O. The third-order valence-corrected chi connectivity index (χ3v) is 11.1. The van der Waals surface area contributed by atoms with E-state index < -0.39 is 0 Å². The van der Waals surface area contributed by atoms with Gasteiger partial charge in [-0.25, -0.2) is 0 Å². The van der Waals surface area contributed by atoms with Crippen molar-refractivity contribution in [3.8, 4) is 22.3 Å². The van der Waals surface area contributed by atoms with Crippen molar-refractivity contribution in [1.82, 2.24) is 0 Å². The van der Waals surface area contributed by atoms with Crippen molar-refractivity contribution in [2.24, 2.45) is 0 Å². The lowest BCUT2D eigenvalue weighted by Gasteiger charge is -2.29. The van der Waals surface area contributed by atoms with E-state index in [1.54, 1.807) is 0 Å². The predicted molar refractivity (Wildman–Crippen MR) is 198 cm³/mol. The fourth-order valence-corrected chi connectivity index (χ4v) is 8.72. The maximum atomic E-state index is 6.27. The number of rotatable bonds is 2. The zero-order chi connectivity index (χ0) is 30.9. The van der Waals surface area contributed by atoms with Crippen LogP contribution in [-0.4, -0.2) is 0 Å². The molecule has 0 bridgehead atoms. The van der Waals surface area contributed by atoms with Crippen molar-refractivity contribution in [1.29, 1.82) is 0 Å². The van der Waals surface area contributed by atoms with Crippen LogP contribution in [0.3, 0.4) is 0 Å². The first-order chi connectivity index (χ1) is 23.1. The first kappa shape index (κ1) is 25.3. The summed E-state index contributed by atoms with van der Waals surface area (Å²) in [5.41, 5.74) is 10.6. The molecule has 1 aliphatic carbocycles. The van der Waals surface area contributed by atoms with Gasteiger partial charge >= 0.3 is 0 Å². The van der Waals surface area contributed by atoms with E-state index in [1.807, 2.05) is 6.07 Å². The van der Waals surface area contributed by atoms with Crippen LogP contribution in [0.2, 0.25) is 0 Å². The van der Waals surface area contributed by atoms with E-state index in [4.69, 9.17) is 4.42 Å². The molecule has 0 aliphatic heterocycles. The molecule has 47 heavy (non-hydrogen) atoms. The SMILES string of the molecule is CC1(c2ccc3oc4ccccc4c3c2)c2cc(-c3ccc4ccc5cccc6ccc3c4c56)ccc2-c2cc3ccccc3cc21. The average molecular weight is 597 g/mol. The lowest BCUT2D eigenvalue weighted by molar-refractivity contribution is 0.667. The van der Waals surface area contributed by atoms with Crippen molar-refractivity contribution in [3.63, 3.8) is 0 Å². The second kappa shape index (κ2) is 8.87. The zero-order valence-electron chi connectivity index (χ0n) is 25.8. The Labute approximate surface area is 271 Å². The average Bonchev–Trinajstić information content (AvgIpc) is 3.62. The minimum atomic E-state index is -0.360. The van der Waals surface area contributed by atoms with Gasteiger partial charge in [-0.1, -0.05) is 115 Å². The molecule has 1 unspecified atom stereocenters. The highest BCUT2D eigenvalue weighted by molar-refractivity contribution is 6.25. The number of benzene rings is 9. The van der Waals surface area contributed by atoms with Gasteiger partial charge in [0.2, 0.25) is 0 Å².